The molecule has 1 heterocycles. The molecule has 2 fully saturated rings. The van der Waals surface area contributed by atoms with E-state index < -0.39 is 0 Å². The number of hydrogen-bond acceptors (Lipinski definition) is 1. The van der Waals surface area contributed by atoms with Gasteiger partial charge in [0.15, 0.2) is 0 Å². The standard InChI is InChI=1S/C11H11BrFN/c12-8-1-2-10(13)9(3-8)11-4-7(11)5-14-6-11/h1-3,7,14H,4-6H2/t7-,11-/m0/s1. The van der Waals surface area contributed by atoms with E-state index in [-0.39, 0.29) is 11.2 Å². The van der Waals surface area contributed by atoms with Crippen LogP contribution in [0.25, 0.3) is 0 Å². The van der Waals surface area contributed by atoms with Gasteiger partial charge in [0.25, 0.3) is 0 Å². The van der Waals surface area contributed by atoms with E-state index in [9.17, 15) is 4.39 Å². The van der Waals surface area contributed by atoms with Gasteiger partial charge in [-0.25, -0.2) is 4.39 Å². The van der Waals surface area contributed by atoms with Gasteiger partial charge in [-0.15, -0.1) is 0 Å². The Hall–Kier alpha value is -0.410. The largest absolute Gasteiger partial charge is 0.316 e. The highest BCUT2D eigenvalue weighted by atomic mass is 79.9. The average Bonchev–Trinajstić information content (AvgIpc) is 2.74. The molecule has 3 rings (SSSR count). The zero-order chi connectivity index (χ0) is 9.76. The molecule has 1 N–H and O–H groups in total. The minimum atomic E-state index is -0.0561. The van der Waals surface area contributed by atoms with Crippen molar-refractivity contribution in [1.82, 2.24) is 5.32 Å². The lowest BCUT2D eigenvalue weighted by molar-refractivity contribution is 0.569. The van der Waals surface area contributed by atoms with Crippen molar-refractivity contribution in [2.45, 2.75) is 11.8 Å². The normalized spacial score (nSPS) is 34.3. The van der Waals surface area contributed by atoms with Gasteiger partial charge < -0.3 is 5.32 Å². The highest BCUT2D eigenvalue weighted by molar-refractivity contribution is 9.10. The summed E-state index contributed by atoms with van der Waals surface area (Å²) in [6.45, 7) is 1.98. The molecule has 1 aromatic carbocycles. The zero-order valence-corrected chi connectivity index (χ0v) is 9.27. The molecule has 1 saturated heterocycles. The first-order chi connectivity index (χ1) is 6.72. The van der Waals surface area contributed by atoms with E-state index in [1.807, 2.05) is 6.07 Å². The first-order valence-electron chi connectivity index (χ1n) is 4.89. The highest BCUT2D eigenvalue weighted by Gasteiger charge is 2.59. The average molecular weight is 256 g/mol. The van der Waals surface area contributed by atoms with Crippen LogP contribution in [0.1, 0.15) is 12.0 Å². The number of fused-ring (bicyclic) bond motifs is 1. The summed E-state index contributed by atoms with van der Waals surface area (Å²) < 4.78 is 14.6. The first-order valence-corrected chi connectivity index (χ1v) is 5.68. The van der Waals surface area contributed by atoms with Crippen LogP contribution in [0.3, 0.4) is 0 Å². The van der Waals surface area contributed by atoms with Crippen LogP contribution in [0.2, 0.25) is 0 Å². The van der Waals surface area contributed by atoms with Crippen molar-refractivity contribution in [1.29, 1.82) is 0 Å². The van der Waals surface area contributed by atoms with E-state index in [1.165, 1.54) is 0 Å². The molecule has 74 valence electrons. The summed E-state index contributed by atoms with van der Waals surface area (Å²) in [5.41, 5.74) is 1.01. The van der Waals surface area contributed by atoms with Gasteiger partial charge in [-0.05, 0) is 42.6 Å². The van der Waals surface area contributed by atoms with E-state index in [4.69, 9.17) is 0 Å². The number of halogens is 2. The second-order valence-electron chi connectivity index (χ2n) is 4.31. The molecule has 0 spiro atoms. The third-order valence-electron chi connectivity index (χ3n) is 3.53. The fourth-order valence-corrected chi connectivity index (χ4v) is 3.00. The molecule has 2 atom stereocenters. The fourth-order valence-electron chi connectivity index (χ4n) is 2.64. The van der Waals surface area contributed by atoms with Crippen LogP contribution < -0.4 is 5.32 Å². The number of hydrogen-bond donors (Lipinski definition) is 1. The van der Waals surface area contributed by atoms with E-state index in [2.05, 4.69) is 21.2 Å². The maximum absolute atomic E-state index is 13.6. The predicted molar refractivity (Wildman–Crippen MR) is 56.8 cm³/mol. The van der Waals surface area contributed by atoms with Crippen molar-refractivity contribution in [2.75, 3.05) is 13.1 Å². The van der Waals surface area contributed by atoms with Crippen LogP contribution in [-0.2, 0) is 5.41 Å². The number of piperidine rings is 1. The molecule has 14 heavy (non-hydrogen) atoms. The smallest absolute Gasteiger partial charge is 0.127 e. The van der Waals surface area contributed by atoms with Crippen molar-refractivity contribution in [2.24, 2.45) is 5.92 Å². The summed E-state index contributed by atoms with van der Waals surface area (Å²) in [5.74, 6) is 0.602. The first kappa shape index (κ1) is 8.86. The Bertz CT molecular complexity index is 393. The molecule has 1 aromatic rings. The second kappa shape index (κ2) is 2.80. The molecule has 1 nitrogen and oxygen atoms in total. The Balaban J connectivity index is 2.08. The Morgan fingerprint density at radius 2 is 2.36 bits per heavy atom. The van der Waals surface area contributed by atoms with E-state index in [0.29, 0.717) is 5.92 Å². The van der Waals surface area contributed by atoms with Crippen molar-refractivity contribution < 1.29 is 4.39 Å². The number of nitrogens with one attached hydrogen (secondary N) is 1. The lowest BCUT2D eigenvalue weighted by atomic mass is 9.95. The van der Waals surface area contributed by atoms with Crippen molar-refractivity contribution in [3.05, 3.63) is 34.1 Å². The molecular weight excluding hydrogens is 245 g/mol. The van der Waals surface area contributed by atoms with Gasteiger partial charge in [0.1, 0.15) is 5.82 Å². The van der Waals surface area contributed by atoms with Crippen molar-refractivity contribution in [3.8, 4) is 0 Å². The molecule has 0 unspecified atom stereocenters. The van der Waals surface area contributed by atoms with Crippen molar-refractivity contribution in [3.63, 3.8) is 0 Å². The van der Waals surface area contributed by atoms with Gasteiger partial charge in [0.05, 0.1) is 0 Å². The minimum Gasteiger partial charge on any atom is -0.316 e. The monoisotopic (exact) mass is 255 g/mol. The Morgan fingerprint density at radius 1 is 1.50 bits per heavy atom. The predicted octanol–water partition coefficient (Wildman–Crippen LogP) is 2.45. The molecule has 1 aliphatic carbocycles. The molecule has 0 bridgehead atoms. The SMILES string of the molecule is Fc1ccc(Br)cc1[C@@]12CNC[C@@H]1C2. The summed E-state index contributed by atoms with van der Waals surface area (Å²) in [5, 5.41) is 3.33. The summed E-state index contributed by atoms with van der Waals surface area (Å²) in [7, 11) is 0. The molecule has 1 aliphatic heterocycles. The number of benzene rings is 1. The van der Waals surface area contributed by atoms with Gasteiger partial charge >= 0.3 is 0 Å². The second-order valence-corrected chi connectivity index (χ2v) is 5.23. The lowest BCUT2D eigenvalue weighted by Crippen LogP contribution is -2.20. The molecular formula is C11H11BrFN. The van der Waals surface area contributed by atoms with Crippen LogP contribution in [0.5, 0.6) is 0 Å². The van der Waals surface area contributed by atoms with Crippen LogP contribution in [0.4, 0.5) is 4.39 Å². The maximum atomic E-state index is 13.6. The minimum absolute atomic E-state index is 0.0561. The quantitative estimate of drug-likeness (QED) is 0.813. The zero-order valence-electron chi connectivity index (χ0n) is 7.69. The third-order valence-corrected chi connectivity index (χ3v) is 4.02. The van der Waals surface area contributed by atoms with Crippen LogP contribution in [0.15, 0.2) is 22.7 Å². The molecule has 0 radical (unpaired) electrons. The van der Waals surface area contributed by atoms with Gasteiger partial charge in [-0.1, -0.05) is 15.9 Å². The maximum Gasteiger partial charge on any atom is 0.127 e. The third kappa shape index (κ3) is 1.09. The Morgan fingerprint density at radius 3 is 3.00 bits per heavy atom. The summed E-state index contributed by atoms with van der Waals surface area (Å²) in [6.07, 6.45) is 1.15. The van der Waals surface area contributed by atoms with Crippen molar-refractivity contribution >= 4 is 15.9 Å². The van der Waals surface area contributed by atoms with Crippen LogP contribution in [-0.4, -0.2) is 13.1 Å². The lowest BCUT2D eigenvalue weighted by Gasteiger charge is -2.13. The topological polar surface area (TPSA) is 12.0 Å². The Kier molecular flexibility index (Phi) is 1.77. The van der Waals surface area contributed by atoms with Gasteiger partial charge in [0.2, 0.25) is 0 Å². The summed E-state index contributed by atoms with van der Waals surface area (Å²) >= 11 is 3.40. The van der Waals surface area contributed by atoms with Crippen LogP contribution >= 0.6 is 15.9 Å². The highest BCUT2D eigenvalue weighted by Crippen LogP contribution is 2.57. The molecule has 1 saturated carbocycles. The molecule has 3 heteroatoms. The number of rotatable bonds is 1. The summed E-state index contributed by atoms with van der Waals surface area (Å²) in [6, 6.07) is 5.25. The van der Waals surface area contributed by atoms with Gasteiger partial charge in [-0.2, -0.15) is 0 Å². The van der Waals surface area contributed by atoms with E-state index >= 15 is 0 Å². The van der Waals surface area contributed by atoms with Gasteiger partial charge in [0, 0.05) is 16.4 Å². The van der Waals surface area contributed by atoms with Crippen LogP contribution in [0, 0.1) is 11.7 Å². The van der Waals surface area contributed by atoms with E-state index in [1.54, 1.807) is 12.1 Å². The molecule has 0 amide bonds. The molecule has 0 aromatic heterocycles. The summed E-state index contributed by atoms with van der Waals surface area (Å²) in [4.78, 5) is 0. The Labute approximate surface area is 90.8 Å². The fraction of sp³-hybridized carbons (Fsp3) is 0.455. The van der Waals surface area contributed by atoms with E-state index in [0.717, 1.165) is 29.5 Å². The van der Waals surface area contributed by atoms with Gasteiger partial charge in [-0.3, -0.25) is 0 Å². The molecule has 2 aliphatic rings.